The van der Waals surface area contributed by atoms with E-state index in [2.05, 4.69) is 22.2 Å². The number of hydrogen-bond acceptors (Lipinski definition) is 4. The standard InChI is InChI=1S/C20H27N5O2/c1-23-11-13-24(14-12-23)20(27)18-22-17(16-9-5-6-10-25(16)18)19(26)21-15-7-3-2-4-8-15/h5-6,9-10,15H,2-4,7-8,11-14H2,1H3,(H,21,26). The number of piperazine rings is 1. The second kappa shape index (κ2) is 7.68. The molecule has 0 radical (unpaired) electrons. The molecule has 27 heavy (non-hydrogen) atoms. The number of fused-ring (bicyclic) bond motifs is 1. The van der Waals surface area contributed by atoms with Gasteiger partial charge in [-0.05, 0) is 32.0 Å². The van der Waals surface area contributed by atoms with Gasteiger partial charge in [0, 0.05) is 38.4 Å². The molecule has 0 spiro atoms. The lowest BCUT2D eigenvalue weighted by atomic mass is 9.95. The maximum absolute atomic E-state index is 13.0. The van der Waals surface area contributed by atoms with Gasteiger partial charge in [0.05, 0.1) is 5.52 Å². The first kappa shape index (κ1) is 18.0. The van der Waals surface area contributed by atoms with E-state index in [0.29, 0.717) is 30.1 Å². The Balaban J connectivity index is 1.60. The quantitative estimate of drug-likeness (QED) is 0.895. The zero-order valence-electron chi connectivity index (χ0n) is 15.9. The first-order valence-electron chi connectivity index (χ1n) is 9.89. The van der Waals surface area contributed by atoms with Crippen LogP contribution in [-0.2, 0) is 0 Å². The lowest BCUT2D eigenvalue weighted by Gasteiger charge is -2.31. The SMILES string of the molecule is CN1CCN(C(=O)c2nc(C(=O)NC3CCCCC3)c3ccccn23)CC1. The number of aromatic nitrogens is 2. The molecule has 4 rings (SSSR count). The van der Waals surface area contributed by atoms with Gasteiger partial charge in [-0.25, -0.2) is 4.98 Å². The van der Waals surface area contributed by atoms with E-state index in [1.54, 1.807) is 4.40 Å². The molecule has 0 bridgehead atoms. The summed E-state index contributed by atoms with van der Waals surface area (Å²) >= 11 is 0. The van der Waals surface area contributed by atoms with Crippen molar-refractivity contribution >= 4 is 17.3 Å². The highest BCUT2D eigenvalue weighted by atomic mass is 16.2. The van der Waals surface area contributed by atoms with Gasteiger partial charge in [-0.15, -0.1) is 0 Å². The van der Waals surface area contributed by atoms with Gasteiger partial charge < -0.3 is 15.1 Å². The maximum atomic E-state index is 13.0. The van der Waals surface area contributed by atoms with Crippen LogP contribution in [0.3, 0.4) is 0 Å². The molecule has 144 valence electrons. The Morgan fingerprint density at radius 2 is 1.81 bits per heavy atom. The third kappa shape index (κ3) is 3.69. The minimum Gasteiger partial charge on any atom is -0.348 e. The van der Waals surface area contributed by atoms with Crippen LogP contribution < -0.4 is 5.32 Å². The van der Waals surface area contributed by atoms with Crippen LogP contribution >= 0.6 is 0 Å². The van der Waals surface area contributed by atoms with Crippen LogP contribution in [0, 0.1) is 0 Å². The molecule has 0 unspecified atom stereocenters. The molecule has 1 N–H and O–H groups in total. The average Bonchev–Trinajstić information content (AvgIpc) is 3.09. The second-order valence-electron chi connectivity index (χ2n) is 7.64. The molecule has 1 aliphatic heterocycles. The van der Waals surface area contributed by atoms with Crippen molar-refractivity contribution in [1.29, 1.82) is 0 Å². The van der Waals surface area contributed by atoms with Crippen LogP contribution in [0.4, 0.5) is 0 Å². The number of nitrogens with zero attached hydrogens (tertiary/aromatic N) is 4. The molecule has 0 atom stereocenters. The molecule has 3 heterocycles. The first-order chi connectivity index (χ1) is 13.1. The molecular formula is C20H27N5O2. The fraction of sp³-hybridized carbons (Fsp3) is 0.550. The molecule has 2 aromatic heterocycles. The zero-order valence-corrected chi connectivity index (χ0v) is 15.9. The summed E-state index contributed by atoms with van der Waals surface area (Å²) in [6, 6.07) is 5.80. The van der Waals surface area contributed by atoms with Gasteiger partial charge in [-0.1, -0.05) is 25.3 Å². The van der Waals surface area contributed by atoms with Gasteiger partial charge in [0.15, 0.2) is 5.69 Å². The van der Waals surface area contributed by atoms with Crippen molar-refractivity contribution in [2.24, 2.45) is 0 Å². The fourth-order valence-corrected chi connectivity index (χ4v) is 4.01. The van der Waals surface area contributed by atoms with Crippen molar-refractivity contribution in [2.45, 2.75) is 38.1 Å². The second-order valence-corrected chi connectivity index (χ2v) is 7.64. The number of rotatable bonds is 3. The van der Waals surface area contributed by atoms with E-state index in [4.69, 9.17) is 0 Å². The van der Waals surface area contributed by atoms with Crippen molar-refractivity contribution in [2.75, 3.05) is 33.2 Å². The van der Waals surface area contributed by atoms with Crippen LogP contribution in [0.5, 0.6) is 0 Å². The molecule has 7 nitrogen and oxygen atoms in total. The minimum atomic E-state index is -0.178. The van der Waals surface area contributed by atoms with Crippen LogP contribution in [0.2, 0.25) is 0 Å². The van der Waals surface area contributed by atoms with E-state index >= 15 is 0 Å². The average molecular weight is 369 g/mol. The topological polar surface area (TPSA) is 69.9 Å². The number of nitrogens with one attached hydrogen (secondary N) is 1. The summed E-state index contributed by atoms with van der Waals surface area (Å²) in [4.78, 5) is 34.4. The Morgan fingerprint density at radius 3 is 2.56 bits per heavy atom. The molecule has 0 aromatic carbocycles. The van der Waals surface area contributed by atoms with Gasteiger partial charge in [0.2, 0.25) is 5.82 Å². The van der Waals surface area contributed by atoms with E-state index in [-0.39, 0.29) is 17.9 Å². The smallest absolute Gasteiger partial charge is 0.290 e. The predicted molar refractivity (Wildman–Crippen MR) is 103 cm³/mol. The summed E-state index contributed by atoms with van der Waals surface area (Å²) in [6.07, 6.45) is 7.39. The minimum absolute atomic E-state index is 0.110. The number of imidazole rings is 1. The van der Waals surface area contributed by atoms with Crippen LogP contribution in [-0.4, -0.2) is 70.3 Å². The van der Waals surface area contributed by atoms with Crippen LogP contribution in [0.1, 0.15) is 53.2 Å². The number of likely N-dealkylation sites (N-methyl/N-ethyl adjacent to an activating group) is 1. The summed E-state index contributed by atoms with van der Waals surface area (Å²) in [6.45, 7) is 3.06. The molecule has 7 heteroatoms. The summed E-state index contributed by atoms with van der Waals surface area (Å²) in [5.74, 6) is 0.0352. The summed E-state index contributed by atoms with van der Waals surface area (Å²) in [5.41, 5.74) is 1.03. The van der Waals surface area contributed by atoms with Gasteiger partial charge in [-0.2, -0.15) is 0 Å². The predicted octanol–water partition coefficient (Wildman–Crippen LogP) is 1.78. The van der Waals surface area contributed by atoms with Gasteiger partial charge in [0.25, 0.3) is 11.8 Å². The molecule has 2 amide bonds. The molecule has 2 aromatic rings. The van der Waals surface area contributed by atoms with Crippen LogP contribution in [0.25, 0.3) is 5.52 Å². The van der Waals surface area contributed by atoms with E-state index in [9.17, 15) is 9.59 Å². The van der Waals surface area contributed by atoms with E-state index in [1.807, 2.05) is 29.3 Å². The van der Waals surface area contributed by atoms with E-state index < -0.39 is 0 Å². The van der Waals surface area contributed by atoms with Crippen molar-refractivity contribution < 1.29 is 9.59 Å². The highest BCUT2D eigenvalue weighted by molar-refractivity contribution is 6.02. The molecule has 2 fully saturated rings. The highest BCUT2D eigenvalue weighted by Gasteiger charge is 2.27. The van der Waals surface area contributed by atoms with Crippen molar-refractivity contribution in [1.82, 2.24) is 24.5 Å². The number of carbonyl (C=O) groups is 2. The Morgan fingerprint density at radius 1 is 1.07 bits per heavy atom. The lowest BCUT2D eigenvalue weighted by molar-refractivity contribution is 0.0651. The number of carbonyl (C=O) groups excluding carboxylic acids is 2. The fourth-order valence-electron chi connectivity index (χ4n) is 4.01. The molecule has 2 aliphatic rings. The van der Waals surface area contributed by atoms with Crippen molar-refractivity contribution in [3.8, 4) is 0 Å². The Labute approximate surface area is 159 Å². The summed E-state index contributed by atoms with van der Waals surface area (Å²) in [7, 11) is 2.06. The number of hydrogen-bond donors (Lipinski definition) is 1. The molecular weight excluding hydrogens is 342 g/mol. The normalized spacial score (nSPS) is 19.4. The van der Waals surface area contributed by atoms with Crippen molar-refractivity contribution in [3.05, 3.63) is 35.9 Å². The van der Waals surface area contributed by atoms with Gasteiger partial charge >= 0.3 is 0 Å². The summed E-state index contributed by atoms with van der Waals surface area (Å²) in [5, 5.41) is 3.12. The van der Waals surface area contributed by atoms with Gasteiger partial charge in [0.1, 0.15) is 0 Å². The Bertz CT molecular complexity index is 832. The zero-order chi connectivity index (χ0) is 18.8. The third-order valence-electron chi connectivity index (χ3n) is 5.69. The Kier molecular flexibility index (Phi) is 5.11. The van der Waals surface area contributed by atoms with Gasteiger partial charge in [-0.3, -0.25) is 14.0 Å². The summed E-state index contributed by atoms with van der Waals surface area (Å²) < 4.78 is 1.75. The van der Waals surface area contributed by atoms with E-state index in [0.717, 1.165) is 38.8 Å². The largest absolute Gasteiger partial charge is 0.348 e. The van der Waals surface area contributed by atoms with Crippen LogP contribution in [0.15, 0.2) is 24.4 Å². The highest BCUT2D eigenvalue weighted by Crippen LogP contribution is 2.20. The molecule has 1 aliphatic carbocycles. The van der Waals surface area contributed by atoms with Crippen molar-refractivity contribution in [3.63, 3.8) is 0 Å². The number of amides is 2. The monoisotopic (exact) mass is 369 g/mol. The lowest BCUT2D eigenvalue weighted by Crippen LogP contribution is -2.47. The third-order valence-corrected chi connectivity index (χ3v) is 5.69. The number of pyridine rings is 1. The first-order valence-corrected chi connectivity index (χ1v) is 9.89. The molecule has 1 saturated heterocycles. The molecule has 1 saturated carbocycles. The van der Waals surface area contributed by atoms with E-state index in [1.165, 1.54) is 6.42 Å². The maximum Gasteiger partial charge on any atom is 0.290 e. The Hall–Kier alpha value is -2.41.